The van der Waals surface area contributed by atoms with E-state index in [1.54, 1.807) is 0 Å². The van der Waals surface area contributed by atoms with E-state index in [0.29, 0.717) is 11.3 Å². The van der Waals surface area contributed by atoms with Crippen LogP contribution in [-0.2, 0) is 5.41 Å². The van der Waals surface area contributed by atoms with Gasteiger partial charge in [0.15, 0.2) is 5.78 Å². The average Bonchev–Trinajstić information content (AvgIpc) is 2.60. The number of aldehydes is 1. The summed E-state index contributed by atoms with van der Waals surface area (Å²) in [5, 5.41) is 0. The Bertz CT molecular complexity index is 735. The van der Waals surface area contributed by atoms with Crippen molar-refractivity contribution in [3.63, 3.8) is 0 Å². The first-order chi connectivity index (χ1) is 11.2. The van der Waals surface area contributed by atoms with Crippen LogP contribution in [0.2, 0.25) is 0 Å². The molecule has 0 N–H and O–H groups in total. The molecule has 0 unspecified atom stereocenters. The lowest BCUT2D eigenvalue weighted by Gasteiger charge is -2.42. The Morgan fingerprint density at radius 2 is 1.52 bits per heavy atom. The molecule has 0 aliphatic heterocycles. The monoisotopic (exact) mass is 306 g/mol. The number of ketones is 1. The Labute approximate surface area is 137 Å². The quantitative estimate of drug-likeness (QED) is 0.687. The van der Waals surface area contributed by atoms with Crippen LogP contribution in [0.1, 0.15) is 65.8 Å². The van der Waals surface area contributed by atoms with Crippen molar-refractivity contribution in [3.05, 3.63) is 59.2 Å². The summed E-state index contributed by atoms with van der Waals surface area (Å²) < 4.78 is 0. The van der Waals surface area contributed by atoms with Crippen molar-refractivity contribution >= 4 is 12.1 Å². The number of Topliss-reactive ketones (excluding diaryl/α,β-unsaturated/α-hetero) is 1. The molecule has 0 bridgehead atoms. The summed E-state index contributed by atoms with van der Waals surface area (Å²) in [4.78, 5) is 23.4. The highest BCUT2D eigenvalue weighted by Gasteiger charge is 2.49. The Morgan fingerprint density at radius 1 is 0.913 bits per heavy atom. The summed E-state index contributed by atoms with van der Waals surface area (Å²) in [7, 11) is 0. The molecule has 0 saturated carbocycles. The smallest absolute Gasteiger partial charge is 0.173 e. The number of hydrogen-bond acceptors (Lipinski definition) is 2. The van der Waals surface area contributed by atoms with Gasteiger partial charge in [-0.15, -0.1) is 0 Å². The maximum absolute atomic E-state index is 12.6. The van der Waals surface area contributed by atoms with E-state index >= 15 is 0 Å². The van der Waals surface area contributed by atoms with Crippen LogP contribution in [0.15, 0.2) is 42.5 Å². The molecule has 1 aliphatic rings. The molecule has 118 valence electrons. The van der Waals surface area contributed by atoms with Gasteiger partial charge in [0, 0.05) is 11.1 Å². The Hall–Kier alpha value is -2.22. The average molecular weight is 306 g/mol. The first kappa shape index (κ1) is 15.7. The van der Waals surface area contributed by atoms with Crippen LogP contribution in [0.25, 0.3) is 11.1 Å². The number of carbonyl (C=O) groups excluding carboxylic acids is 2. The van der Waals surface area contributed by atoms with E-state index in [9.17, 15) is 9.59 Å². The van der Waals surface area contributed by atoms with Crippen molar-refractivity contribution in [1.29, 1.82) is 0 Å². The molecule has 2 heteroatoms. The summed E-state index contributed by atoms with van der Waals surface area (Å²) in [5.41, 5.74) is 4.71. The van der Waals surface area contributed by atoms with Crippen molar-refractivity contribution < 1.29 is 9.59 Å². The molecule has 2 aromatic carbocycles. The van der Waals surface area contributed by atoms with Crippen LogP contribution in [-0.4, -0.2) is 12.1 Å². The first-order valence-electron chi connectivity index (χ1n) is 8.41. The molecule has 23 heavy (non-hydrogen) atoms. The SMILES string of the molecule is CCCC1(CCC)C(=O)c2ccc(-c3ccc(C=O)cc3)cc21. The highest BCUT2D eigenvalue weighted by atomic mass is 16.1. The zero-order valence-electron chi connectivity index (χ0n) is 13.8. The zero-order chi connectivity index (χ0) is 16.4. The van der Waals surface area contributed by atoms with Gasteiger partial charge in [-0.3, -0.25) is 9.59 Å². The molecule has 0 amide bonds. The molecule has 0 atom stereocenters. The summed E-state index contributed by atoms with van der Waals surface area (Å²) >= 11 is 0. The minimum Gasteiger partial charge on any atom is -0.298 e. The fourth-order valence-electron chi connectivity index (χ4n) is 3.86. The molecule has 0 spiro atoms. The highest BCUT2D eigenvalue weighted by Crippen LogP contribution is 2.48. The summed E-state index contributed by atoms with van der Waals surface area (Å²) in [6, 6.07) is 13.7. The second kappa shape index (κ2) is 6.11. The third-order valence-corrected chi connectivity index (χ3v) is 4.95. The molecule has 0 heterocycles. The number of fused-ring (bicyclic) bond motifs is 1. The largest absolute Gasteiger partial charge is 0.298 e. The Balaban J connectivity index is 2.02. The van der Waals surface area contributed by atoms with Gasteiger partial charge in [0.1, 0.15) is 6.29 Å². The number of rotatable bonds is 6. The van der Waals surface area contributed by atoms with Crippen molar-refractivity contribution in [2.24, 2.45) is 0 Å². The van der Waals surface area contributed by atoms with Gasteiger partial charge < -0.3 is 0 Å². The normalized spacial score (nSPS) is 15.0. The lowest BCUT2D eigenvalue weighted by molar-refractivity contribution is 0.0807. The standard InChI is InChI=1S/C21H22O2/c1-3-11-21(12-4-2)19-13-17(9-10-18(19)20(21)23)16-7-5-15(14-22)6-8-16/h5-10,13-14H,3-4,11-12H2,1-2H3. The van der Waals surface area contributed by atoms with E-state index in [1.807, 2.05) is 36.4 Å². The van der Waals surface area contributed by atoms with Crippen LogP contribution in [0, 0.1) is 0 Å². The van der Waals surface area contributed by atoms with E-state index in [4.69, 9.17) is 0 Å². The Morgan fingerprint density at radius 3 is 2.09 bits per heavy atom. The van der Waals surface area contributed by atoms with Crippen LogP contribution in [0.4, 0.5) is 0 Å². The van der Waals surface area contributed by atoms with Gasteiger partial charge in [-0.25, -0.2) is 0 Å². The molecular formula is C21H22O2. The van der Waals surface area contributed by atoms with Crippen molar-refractivity contribution in [3.8, 4) is 11.1 Å². The van der Waals surface area contributed by atoms with E-state index in [-0.39, 0.29) is 5.41 Å². The Kier molecular flexibility index (Phi) is 4.16. The maximum Gasteiger partial charge on any atom is 0.173 e. The predicted octanol–water partition coefficient (Wildman–Crippen LogP) is 5.20. The van der Waals surface area contributed by atoms with Gasteiger partial charge in [0.05, 0.1) is 5.41 Å². The van der Waals surface area contributed by atoms with Gasteiger partial charge in [0.25, 0.3) is 0 Å². The minimum atomic E-state index is -0.266. The van der Waals surface area contributed by atoms with Crippen molar-refractivity contribution in [2.75, 3.05) is 0 Å². The molecule has 0 aromatic heterocycles. The fraction of sp³-hybridized carbons (Fsp3) is 0.333. The minimum absolute atomic E-state index is 0.266. The van der Waals surface area contributed by atoms with Gasteiger partial charge in [-0.2, -0.15) is 0 Å². The molecule has 1 aliphatic carbocycles. The fourth-order valence-corrected chi connectivity index (χ4v) is 3.86. The molecule has 3 rings (SSSR count). The first-order valence-corrected chi connectivity index (χ1v) is 8.41. The lowest BCUT2D eigenvalue weighted by atomic mass is 9.58. The molecular weight excluding hydrogens is 284 g/mol. The predicted molar refractivity (Wildman–Crippen MR) is 93.1 cm³/mol. The molecule has 0 radical (unpaired) electrons. The molecule has 0 saturated heterocycles. The van der Waals surface area contributed by atoms with Crippen LogP contribution < -0.4 is 0 Å². The van der Waals surface area contributed by atoms with E-state index in [2.05, 4.69) is 19.9 Å². The van der Waals surface area contributed by atoms with Crippen LogP contribution in [0.5, 0.6) is 0 Å². The number of hydrogen-bond donors (Lipinski definition) is 0. The van der Waals surface area contributed by atoms with E-state index in [1.165, 1.54) is 5.56 Å². The molecule has 2 nitrogen and oxygen atoms in total. The van der Waals surface area contributed by atoms with E-state index < -0.39 is 0 Å². The van der Waals surface area contributed by atoms with Crippen molar-refractivity contribution in [1.82, 2.24) is 0 Å². The van der Waals surface area contributed by atoms with Gasteiger partial charge in [-0.05, 0) is 35.6 Å². The second-order valence-electron chi connectivity index (χ2n) is 6.41. The summed E-state index contributed by atoms with van der Waals surface area (Å²) in [6.07, 6.45) is 4.75. The summed E-state index contributed by atoms with van der Waals surface area (Å²) in [6.45, 7) is 4.29. The van der Waals surface area contributed by atoms with Crippen LogP contribution >= 0.6 is 0 Å². The van der Waals surface area contributed by atoms with Crippen LogP contribution in [0.3, 0.4) is 0 Å². The third-order valence-electron chi connectivity index (χ3n) is 4.95. The highest BCUT2D eigenvalue weighted by molar-refractivity contribution is 6.14. The van der Waals surface area contributed by atoms with Crippen molar-refractivity contribution in [2.45, 2.75) is 44.9 Å². The zero-order valence-corrected chi connectivity index (χ0v) is 13.8. The molecule has 2 aromatic rings. The topological polar surface area (TPSA) is 34.1 Å². The van der Waals surface area contributed by atoms with Gasteiger partial charge in [-0.1, -0.05) is 63.1 Å². The van der Waals surface area contributed by atoms with E-state index in [0.717, 1.165) is 48.7 Å². The third kappa shape index (κ3) is 2.42. The number of carbonyl (C=O) groups is 2. The maximum atomic E-state index is 12.6. The second-order valence-corrected chi connectivity index (χ2v) is 6.41. The van der Waals surface area contributed by atoms with Gasteiger partial charge >= 0.3 is 0 Å². The van der Waals surface area contributed by atoms with Gasteiger partial charge in [0.2, 0.25) is 0 Å². The molecule has 0 fully saturated rings. The lowest BCUT2D eigenvalue weighted by Crippen LogP contribution is -2.46. The number of benzene rings is 2. The summed E-state index contributed by atoms with van der Waals surface area (Å²) in [5.74, 6) is 0.319.